The molecule has 60 valence electrons. The van der Waals surface area contributed by atoms with Crippen LogP contribution >= 0.6 is 0 Å². The van der Waals surface area contributed by atoms with Gasteiger partial charge in [-0.1, -0.05) is 45.4 Å². The molecule has 0 bridgehead atoms. The Bertz CT molecular complexity index is 65.1. The molecule has 1 aliphatic carbocycles. The third-order valence-corrected chi connectivity index (χ3v) is 2.30. The van der Waals surface area contributed by atoms with E-state index in [-0.39, 0.29) is 0 Å². The van der Waals surface area contributed by atoms with Gasteiger partial charge in [0.15, 0.2) is 0 Å². The fourth-order valence-corrected chi connectivity index (χ4v) is 1.60. The van der Waals surface area contributed by atoms with Crippen LogP contribution in [0.5, 0.6) is 0 Å². The first-order valence-electron chi connectivity index (χ1n) is 4.22. The molecule has 1 fully saturated rings. The van der Waals surface area contributed by atoms with Crippen LogP contribution in [-0.2, 0) is 4.79 Å². The summed E-state index contributed by atoms with van der Waals surface area (Å²) in [6, 6.07) is 0. The van der Waals surface area contributed by atoms with Gasteiger partial charge in [-0.15, -0.1) is 0 Å². The van der Waals surface area contributed by atoms with E-state index in [1.165, 1.54) is 38.5 Å². The zero-order valence-electron chi connectivity index (χ0n) is 6.94. The van der Waals surface area contributed by atoms with E-state index in [0.29, 0.717) is 0 Å². The second-order valence-corrected chi connectivity index (χ2v) is 2.91. The minimum atomic E-state index is 1.09. The molecule has 0 aliphatic heterocycles. The molecule has 1 nitrogen and oxygen atoms in total. The molecule has 1 aliphatic rings. The smallest absolute Gasteiger partial charge is 0.106 e. The zero-order valence-corrected chi connectivity index (χ0v) is 6.94. The van der Waals surface area contributed by atoms with Gasteiger partial charge in [-0.2, -0.15) is 0 Å². The third kappa shape index (κ3) is 3.65. The molecule has 0 amide bonds. The fraction of sp³-hybridized carbons (Fsp3) is 0.889. The van der Waals surface area contributed by atoms with E-state index < -0.39 is 0 Å². The second kappa shape index (κ2) is 6.79. The molecule has 0 aromatic heterocycles. The van der Waals surface area contributed by atoms with Crippen LogP contribution in [0.2, 0.25) is 0 Å². The molecule has 1 saturated carbocycles. The first-order chi connectivity index (χ1) is 4.93. The SMILES string of the molecule is C=O.CCC1CCCCC1. The van der Waals surface area contributed by atoms with Crippen LogP contribution in [0.15, 0.2) is 0 Å². The molecule has 0 unspecified atom stereocenters. The van der Waals surface area contributed by atoms with Crippen LogP contribution < -0.4 is 0 Å². The lowest BCUT2D eigenvalue weighted by molar-refractivity contribution is -0.0979. The summed E-state index contributed by atoms with van der Waals surface area (Å²) in [6.45, 7) is 4.32. The highest BCUT2D eigenvalue weighted by Gasteiger charge is 2.09. The molecule has 1 heteroatoms. The van der Waals surface area contributed by atoms with Gasteiger partial charge in [0.1, 0.15) is 6.79 Å². The predicted octanol–water partition coefficient (Wildman–Crippen LogP) is 2.79. The molecule has 1 rings (SSSR count). The van der Waals surface area contributed by atoms with Crippen LogP contribution in [0.25, 0.3) is 0 Å². The van der Waals surface area contributed by atoms with Gasteiger partial charge in [-0.05, 0) is 5.92 Å². The predicted molar refractivity (Wildman–Crippen MR) is 44.0 cm³/mol. The molecule has 0 atom stereocenters. The number of carbonyl (C=O) groups is 1. The monoisotopic (exact) mass is 142 g/mol. The first-order valence-corrected chi connectivity index (χ1v) is 4.22. The minimum Gasteiger partial charge on any atom is -0.307 e. The number of hydrogen-bond donors (Lipinski definition) is 0. The Morgan fingerprint density at radius 2 is 1.70 bits per heavy atom. The van der Waals surface area contributed by atoms with Crippen molar-refractivity contribution in [3.05, 3.63) is 0 Å². The number of hydrogen-bond acceptors (Lipinski definition) is 1. The summed E-state index contributed by atoms with van der Waals surface area (Å²) >= 11 is 0. The van der Waals surface area contributed by atoms with E-state index in [9.17, 15) is 0 Å². The summed E-state index contributed by atoms with van der Waals surface area (Å²) in [7, 11) is 0. The van der Waals surface area contributed by atoms with Crippen LogP contribution in [0.1, 0.15) is 45.4 Å². The van der Waals surface area contributed by atoms with Gasteiger partial charge in [0.25, 0.3) is 0 Å². The molecule has 0 saturated heterocycles. The molecule has 0 aromatic carbocycles. The van der Waals surface area contributed by atoms with Gasteiger partial charge in [0.05, 0.1) is 0 Å². The summed E-state index contributed by atoms with van der Waals surface area (Å²) < 4.78 is 0. The van der Waals surface area contributed by atoms with Crippen LogP contribution in [-0.4, -0.2) is 6.79 Å². The Morgan fingerprint density at radius 3 is 2.00 bits per heavy atom. The Labute approximate surface area is 63.8 Å². The highest BCUT2D eigenvalue weighted by Crippen LogP contribution is 2.25. The Morgan fingerprint density at radius 1 is 1.20 bits per heavy atom. The summed E-state index contributed by atoms with van der Waals surface area (Å²) in [5.74, 6) is 1.09. The molecule has 0 heterocycles. The van der Waals surface area contributed by atoms with Gasteiger partial charge in [-0.25, -0.2) is 0 Å². The van der Waals surface area contributed by atoms with E-state index in [1.54, 1.807) is 0 Å². The van der Waals surface area contributed by atoms with Crippen molar-refractivity contribution in [3.8, 4) is 0 Å². The van der Waals surface area contributed by atoms with Gasteiger partial charge in [0, 0.05) is 0 Å². The molecular formula is C9H18O. The summed E-state index contributed by atoms with van der Waals surface area (Å²) in [5.41, 5.74) is 0. The maximum atomic E-state index is 8.00. The molecule has 0 N–H and O–H groups in total. The zero-order chi connectivity index (χ0) is 7.82. The Balaban J connectivity index is 0.000000371. The number of carbonyl (C=O) groups excluding carboxylic acids is 1. The fourth-order valence-electron chi connectivity index (χ4n) is 1.60. The van der Waals surface area contributed by atoms with Crippen LogP contribution in [0.4, 0.5) is 0 Å². The van der Waals surface area contributed by atoms with Crippen molar-refractivity contribution in [1.82, 2.24) is 0 Å². The van der Waals surface area contributed by atoms with Gasteiger partial charge in [0.2, 0.25) is 0 Å². The van der Waals surface area contributed by atoms with Crippen molar-refractivity contribution in [2.24, 2.45) is 5.92 Å². The van der Waals surface area contributed by atoms with Crippen molar-refractivity contribution in [2.45, 2.75) is 45.4 Å². The van der Waals surface area contributed by atoms with Gasteiger partial charge < -0.3 is 4.79 Å². The van der Waals surface area contributed by atoms with Crippen LogP contribution in [0.3, 0.4) is 0 Å². The second-order valence-electron chi connectivity index (χ2n) is 2.91. The molecule has 0 spiro atoms. The summed E-state index contributed by atoms with van der Waals surface area (Å²) in [4.78, 5) is 8.00. The van der Waals surface area contributed by atoms with E-state index >= 15 is 0 Å². The topological polar surface area (TPSA) is 17.1 Å². The molecular weight excluding hydrogens is 124 g/mol. The lowest BCUT2D eigenvalue weighted by atomic mass is 9.88. The molecule has 0 aromatic rings. The standard InChI is InChI=1S/C8H16.CH2O/c1-2-8-6-4-3-5-7-8;1-2/h8H,2-7H2,1H3;1H2. The highest BCUT2D eigenvalue weighted by atomic mass is 16.1. The lowest BCUT2D eigenvalue weighted by Gasteiger charge is -2.18. The molecule has 0 radical (unpaired) electrons. The van der Waals surface area contributed by atoms with E-state index in [1.807, 2.05) is 6.79 Å². The highest BCUT2D eigenvalue weighted by molar-refractivity contribution is 5.10. The van der Waals surface area contributed by atoms with Crippen molar-refractivity contribution >= 4 is 6.79 Å². The van der Waals surface area contributed by atoms with Crippen LogP contribution in [0, 0.1) is 5.92 Å². The maximum Gasteiger partial charge on any atom is 0.106 e. The van der Waals surface area contributed by atoms with E-state index in [4.69, 9.17) is 4.79 Å². The van der Waals surface area contributed by atoms with E-state index in [0.717, 1.165) is 5.92 Å². The normalized spacial score (nSPS) is 19.3. The third-order valence-electron chi connectivity index (χ3n) is 2.30. The lowest BCUT2D eigenvalue weighted by Crippen LogP contribution is -2.03. The van der Waals surface area contributed by atoms with Crippen molar-refractivity contribution in [1.29, 1.82) is 0 Å². The average molecular weight is 142 g/mol. The average Bonchev–Trinajstić information content (AvgIpc) is 2.10. The minimum absolute atomic E-state index is 1.09. The summed E-state index contributed by atoms with van der Waals surface area (Å²) in [6.07, 6.45) is 8.93. The van der Waals surface area contributed by atoms with Gasteiger partial charge >= 0.3 is 0 Å². The van der Waals surface area contributed by atoms with Gasteiger partial charge in [-0.3, -0.25) is 0 Å². The van der Waals surface area contributed by atoms with Crippen molar-refractivity contribution in [2.75, 3.05) is 0 Å². The largest absolute Gasteiger partial charge is 0.307 e. The van der Waals surface area contributed by atoms with E-state index in [2.05, 4.69) is 6.92 Å². The maximum absolute atomic E-state index is 8.00. The number of rotatable bonds is 1. The molecule has 10 heavy (non-hydrogen) atoms. The van der Waals surface area contributed by atoms with Crippen molar-refractivity contribution in [3.63, 3.8) is 0 Å². The Hall–Kier alpha value is -0.330. The quantitative estimate of drug-likeness (QED) is 0.550. The first kappa shape index (κ1) is 9.67. The summed E-state index contributed by atoms with van der Waals surface area (Å²) in [5, 5.41) is 0. The van der Waals surface area contributed by atoms with Crippen molar-refractivity contribution < 1.29 is 4.79 Å². The Kier molecular flexibility index (Phi) is 6.56.